The molecule has 1 unspecified atom stereocenters. The van der Waals surface area contributed by atoms with Crippen molar-refractivity contribution in [3.8, 4) is 0 Å². The van der Waals surface area contributed by atoms with Crippen LogP contribution in [0.3, 0.4) is 0 Å². The lowest BCUT2D eigenvalue weighted by atomic mass is 10.2. The lowest BCUT2D eigenvalue weighted by Gasteiger charge is -2.15. The first kappa shape index (κ1) is 22.0. The molecule has 0 aromatic carbocycles. The van der Waals surface area contributed by atoms with Gasteiger partial charge >= 0.3 is 0 Å². The van der Waals surface area contributed by atoms with Crippen molar-refractivity contribution in [3.63, 3.8) is 0 Å². The van der Waals surface area contributed by atoms with E-state index in [2.05, 4.69) is 37.7 Å². The Morgan fingerprint density at radius 2 is 2.22 bits per heavy atom. The van der Waals surface area contributed by atoms with Crippen molar-refractivity contribution in [2.24, 2.45) is 12.0 Å². The monoisotopic (exact) mass is 505 g/mol. The minimum atomic E-state index is 0. The van der Waals surface area contributed by atoms with Crippen molar-refractivity contribution in [2.45, 2.75) is 45.8 Å². The minimum Gasteiger partial charge on any atom is -0.376 e. The molecule has 0 radical (unpaired) electrons. The van der Waals surface area contributed by atoms with E-state index in [-0.39, 0.29) is 30.1 Å². The summed E-state index contributed by atoms with van der Waals surface area (Å²) >= 11 is 1.74. The van der Waals surface area contributed by atoms with E-state index in [0.29, 0.717) is 6.54 Å². The average molecular weight is 505 g/mol. The standard InChI is InChI=1S/C17H27N7OS.HI/c1-12-9-19-16(26-12)6-7-18-17(20-10-14-5-4-8-25-14)21-11-15-23-22-13(2)24(15)3;/h9,14H,4-8,10-11H2,1-3H3,(H2,18,20,21);1H. The van der Waals surface area contributed by atoms with Gasteiger partial charge in [0.15, 0.2) is 11.8 Å². The van der Waals surface area contributed by atoms with Gasteiger partial charge in [-0.05, 0) is 26.7 Å². The van der Waals surface area contributed by atoms with Gasteiger partial charge in [0.1, 0.15) is 12.4 Å². The van der Waals surface area contributed by atoms with Crippen molar-refractivity contribution in [2.75, 3.05) is 19.7 Å². The van der Waals surface area contributed by atoms with Crippen LogP contribution in [-0.4, -0.2) is 51.5 Å². The molecule has 0 aliphatic carbocycles. The molecule has 2 aromatic heterocycles. The third kappa shape index (κ3) is 6.68. The number of aromatic nitrogens is 4. The summed E-state index contributed by atoms with van der Waals surface area (Å²) < 4.78 is 7.64. The van der Waals surface area contributed by atoms with E-state index in [9.17, 15) is 0 Å². The second-order valence-electron chi connectivity index (χ2n) is 6.44. The first-order chi connectivity index (χ1) is 12.6. The molecular weight excluding hydrogens is 477 g/mol. The van der Waals surface area contributed by atoms with Crippen LogP contribution < -0.4 is 10.6 Å². The molecule has 0 spiro atoms. The molecule has 3 rings (SSSR count). The molecule has 0 saturated carbocycles. The summed E-state index contributed by atoms with van der Waals surface area (Å²) in [6, 6.07) is 0. The third-order valence-corrected chi connectivity index (χ3v) is 5.36. The van der Waals surface area contributed by atoms with Gasteiger partial charge in [-0.1, -0.05) is 0 Å². The van der Waals surface area contributed by atoms with Gasteiger partial charge in [0, 0.05) is 44.2 Å². The molecule has 8 nitrogen and oxygen atoms in total. The summed E-state index contributed by atoms with van der Waals surface area (Å²) in [6.45, 7) is 6.89. The summed E-state index contributed by atoms with van der Waals surface area (Å²) in [5, 5.41) is 16.2. The van der Waals surface area contributed by atoms with Crippen LogP contribution in [0.4, 0.5) is 0 Å². The first-order valence-corrected chi connectivity index (χ1v) is 9.83. The van der Waals surface area contributed by atoms with Crippen molar-refractivity contribution < 1.29 is 4.74 Å². The average Bonchev–Trinajstić information content (AvgIpc) is 3.35. The predicted octanol–water partition coefficient (Wildman–Crippen LogP) is 1.96. The molecule has 1 atom stereocenters. The van der Waals surface area contributed by atoms with Crippen LogP contribution in [0.5, 0.6) is 0 Å². The Bertz CT molecular complexity index is 739. The lowest BCUT2D eigenvalue weighted by molar-refractivity contribution is 0.114. The Morgan fingerprint density at radius 1 is 1.37 bits per heavy atom. The van der Waals surface area contributed by atoms with Gasteiger partial charge in [0.25, 0.3) is 0 Å². The largest absolute Gasteiger partial charge is 0.376 e. The zero-order chi connectivity index (χ0) is 18.4. The molecule has 1 fully saturated rings. The maximum absolute atomic E-state index is 5.69. The molecule has 1 aliphatic heterocycles. The number of nitrogens with one attached hydrogen (secondary N) is 2. The van der Waals surface area contributed by atoms with E-state index < -0.39 is 0 Å². The molecule has 0 amide bonds. The number of aryl methyl sites for hydroxylation is 2. The number of hydrogen-bond donors (Lipinski definition) is 2. The van der Waals surface area contributed by atoms with E-state index in [1.807, 2.05) is 24.7 Å². The van der Waals surface area contributed by atoms with Gasteiger partial charge in [-0.15, -0.1) is 45.5 Å². The zero-order valence-corrected chi connectivity index (χ0v) is 19.2. The number of aliphatic imine (C=N–C) groups is 1. The van der Waals surface area contributed by atoms with Crippen molar-refractivity contribution in [3.05, 3.63) is 27.7 Å². The predicted molar refractivity (Wildman–Crippen MR) is 118 cm³/mol. The van der Waals surface area contributed by atoms with Gasteiger partial charge in [-0.3, -0.25) is 0 Å². The summed E-state index contributed by atoms with van der Waals surface area (Å²) in [4.78, 5) is 10.3. The van der Waals surface area contributed by atoms with Gasteiger partial charge in [-0.2, -0.15) is 0 Å². The fourth-order valence-electron chi connectivity index (χ4n) is 2.73. The number of halogens is 1. The molecule has 10 heteroatoms. The first-order valence-electron chi connectivity index (χ1n) is 9.02. The van der Waals surface area contributed by atoms with Crippen LogP contribution in [0.15, 0.2) is 11.2 Å². The van der Waals surface area contributed by atoms with Crippen molar-refractivity contribution >= 4 is 41.3 Å². The normalized spacial score (nSPS) is 17.0. The van der Waals surface area contributed by atoms with Crippen molar-refractivity contribution in [1.82, 2.24) is 30.4 Å². The molecule has 0 bridgehead atoms. The zero-order valence-electron chi connectivity index (χ0n) is 16.1. The number of guanidine groups is 1. The summed E-state index contributed by atoms with van der Waals surface area (Å²) in [7, 11) is 1.96. The number of nitrogens with zero attached hydrogens (tertiary/aromatic N) is 5. The maximum atomic E-state index is 5.69. The second kappa shape index (κ2) is 10.9. The highest BCUT2D eigenvalue weighted by atomic mass is 127. The molecule has 1 aliphatic rings. The highest BCUT2D eigenvalue weighted by molar-refractivity contribution is 14.0. The quantitative estimate of drug-likeness (QED) is 0.340. The van der Waals surface area contributed by atoms with Crippen LogP contribution in [0.1, 0.15) is 34.4 Å². The van der Waals surface area contributed by atoms with Crippen molar-refractivity contribution in [1.29, 1.82) is 0 Å². The van der Waals surface area contributed by atoms with E-state index in [1.165, 1.54) is 4.88 Å². The van der Waals surface area contributed by atoms with E-state index in [4.69, 9.17) is 4.74 Å². The number of hydrogen-bond acceptors (Lipinski definition) is 6. The van der Waals surface area contributed by atoms with Gasteiger partial charge in [-0.25, -0.2) is 9.98 Å². The topological polar surface area (TPSA) is 89.3 Å². The van der Waals surface area contributed by atoms with Crippen LogP contribution in [0.25, 0.3) is 0 Å². The molecule has 27 heavy (non-hydrogen) atoms. The summed E-state index contributed by atoms with van der Waals surface area (Å²) in [5.41, 5.74) is 0. The highest BCUT2D eigenvalue weighted by Gasteiger charge is 2.15. The third-order valence-electron chi connectivity index (χ3n) is 4.38. The van der Waals surface area contributed by atoms with Crippen LogP contribution in [-0.2, 0) is 24.8 Å². The van der Waals surface area contributed by atoms with Crippen LogP contribution >= 0.6 is 35.3 Å². The molecule has 2 N–H and O–H groups in total. The molecular formula is C17H28IN7OS. The SMILES string of the molecule is Cc1cnc(CCNC(=NCc2nnc(C)n2C)NCC2CCCO2)s1.I. The Hall–Kier alpha value is -1.27. The fourth-order valence-corrected chi connectivity index (χ4v) is 3.52. The lowest BCUT2D eigenvalue weighted by Crippen LogP contribution is -2.42. The number of ether oxygens (including phenoxy) is 1. The van der Waals surface area contributed by atoms with E-state index in [1.54, 1.807) is 11.3 Å². The fraction of sp³-hybridized carbons (Fsp3) is 0.647. The van der Waals surface area contributed by atoms with E-state index in [0.717, 1.165) is 61.6 Å². The molecule has 150 valence electrons. The second-order valence-corrected chi connectivity index (χ2v) is 7.76. The summed E-state index contributed by atoms with van der Waals surface area (Å²) in [6.07, 6.45) is 5.29. The van der Waals surface area contributed by atoms with Gasteiger partial charge in [0.05, 0.1) is 11.1 Å². The Morgan fingerprint density at radius 3 is 2.85 bits per heavy atom. The Balaban J connectivity index is 0.00000261. The molecule has 3 heterocycles. The minimum absolute atomic E-state index is 0. The smallest absolute Gasteiger partial charge is 0.191 e. The molecule has 1 saturated heterocycles. The van der Waals surface area contributed by atoms with Crippen LogP contribution in [0.2, 0.25) is 0 Å². The van der Waals surface area contributed by atoms with E-state index >= 15 is 0 Å². The highest BCUT2D eigenvalue weighted by Crippen LogP contribution is 2.11. The van der Waals surface area contributed by atoms with Gasteiger partial charge in [0.2, 0.25) is 0 Å². The van der Waals surface area contributed by atoms with Gasteiger partial charge < -0.3 is 19.9 Å². The maximum Gasteiger partial charge on any atom is 0.191 e. The Kier molecular flexibility index (Phi) is 8.90. The Labute approximate surface area is 181 Å². The molecule has 2 aromatic rings. The number of rotatable bonds is 7. The van der Waals surface area contributed by atoms with Crippen LogP contribution in [0, 0.1) is 13.8 Å². The number of thiazole rings is 1. The summed E-state index contributed by atoms with van der Waals surface area (Å²) in [5.74, 6) is 2.50.